The molecule has 2 heterocycles. The van der Waals surface area contributed by atoms with Crippen molar-refractivity contribution in [1.29, 1.82) is 0 Å². The molecule has 3 aromatic rings. The van der Waals surface area contributed by atoms with Crippen LogP contribution >= 0.6 is 11.6 Å². The van der Waals surface area contributed by atoms with Gasteiger partial charge in [-0.3, -0.25) is 14.3 Å². The van der Waals surface area contributed by atoms with Crippen molar-refractivity contribution in [2.75, 3.05) is 19.6 Å². The highest BCUT2D eigenvalue weighted by Gasteiger charge is 2.26. The molecular weight excluding hydrogens is 390 g/mol. The molecule has 1 aliphatic heterocycles. The van der Waals surface area contributed by atoms with E-state index in [1.54, 1.807) is 30.3 Å². The third-order valence-electron chi connectivity index (χ3n) is 5.31. The van der Waals surface area contributed by atoms with Gasteiger partial charge in [0.25, 0.3) is 5.56 Å². The van der Waals surface area contributed by atoms with E-state index in [0.717, 1.165) is 19.6 Å². The Labute approximate surface area is 173 Å². The molecule has 0 amide bonds. The molecule has 29 heavy (non-hydrogen) atoms. The van der Waals surface area contributed by atoms with E-state index in [1.807, 2.05) is 18.2 Å². The van der Waals surface area contributed by atoms with Crippen molar-refractivity contribution in [2.45, 2.75) is 19.5 Å². The maximum Gasteiger partial charge on any atom is 0.338 e. The average molecular weight is 412 g/mol. The quantitative estimate of drug-likeness (QED) is 0.690. The highest BCUT2D eigenvalue weighted by Crippen LogP contribution is 2.28. The van der Waals surface area contributed by atoms with Gasteiger partial charge in [0, 0.05) is 43.3 Å². The molecule has 0 spiro atoms. The lowest BCUT2D eigenvalue weighted by molar-refractivity contribution is 0.0695. The summed E-state index contributed by atoms with van der Waals surface area (Å²) in [6.45, 7) is 4.82. The Bertz CT molecular complexity index is 1130. The van der Waals surface area contributed by atoms with Gasteiger partial charge in [-0.2, -0.15) is 0 Å². The summed E-state index contributed by atoms with van der Waals surface area (Å²) in [5.41, 5.74) is 0.912. The number of hydrogen-bond acceptors (Lipinski definition) is 4. The largest absolute Gasteiger partial charge is 0.478 e. The number of rotatable bonds is 4. The van der Waals surface area contributed by atoms with Gasteiger partial charge in [-0.1, -0.05) is 41.9 Å². The zero-order valence-electron chi connectivity index (χ0n) is 16.1. The Morgan fingerprint density at radius 1 is 1.21 bits per heavy atom. The minimum absolute atomic E-state index is 0.122. The fourth-order valence-electron chi connectivity index (χ4n) is 4.06. The number of carboxylic acid groups (broad SMARTS) is 1. The molecular formula is C22H22ClN3O3. The SMILES string of the molecule is CC1CN(Cc2c(C(=O)O)c3cccc(Cl)c3c(=O)n2-c2ccccc2)CCN1. The van der Waals surface area contributed by atoms with E-state index >= 15 is 0 Å². The summed E-state index contributed by atoms with van der Waals surface area (Å²) >= 11 is 6.34. The first kappa shape index (κ1) is 19.6. The molecule has 1 atom stereocenters. The molecule has 0 bridgehead atoms. The lowest BCUT2D eigenvalue weighted by Gasteiger charge is -2.33. The van der Waals surface area contributed by atoms with Crippen LogP contribution in [0.3, 0.4) is 0 Å². The standard InChI is InChI=1S/C22H22ClN3O3/c1-14-12-25(11-10-24-14)13-18-20(22(28)29)16-8-5-9-17(23)19(16)21(27)26(18)15-6-3-2-4-7-15/h2-9,14,24H,10-13H2,1H3,(H,28,29). The van der Waals surface area contributed by atoms with Crippen LogP contribution in [0, 0.1) is 0 Å². The fourth-order valence-corrected chi connectivity index (χ4v) is 4.31. The van der Waals surface area contributed by atoms with Crippen LogP contribution in [0.15, 0.2) is 53.3 Å². The predicted molar refractivity (Wildman–Crippen MR) is 114 cm³/mol. The molecule has 2 N–H and O–H groups in total. The van der Waals surface area contributed by atoms with Gasteiger partial charge < -0.3 is 10.4 Å². The number of hydrogen-bond donors (Lipinski definition) is 2. The number of fused-ring (bicyclic) bond motifs is 1. The van der Waals surface area contributed by atoms with Gasteiger partial charge in [0.05, 0.1) is 21.7 Å². The number of benzene rings is 2. The zero-order chi connectivity index (χ0) is 20.5. The van der Waals surface area contributed by atoms with Crippen molar-refractivity contribution >= 4 is 28.3 Å². The van der Waals surface area contributed by atoms with E-state index in [4.69, 9.17) is 11.6 Å². The van der Waals surface area contributed by atoms with Crippen LogP contribution in [0.25, 0.3) is 16.5 Å². The Morgan fingerprint density at radius 3 is 2.66 bits per heavy atom. The second-order valence-corrected chi connectivity index (χ2v) is 7.76. The first-order chi connectivity index (χ1) is 14.0. The van der Waals surface area contributed by atoms with Crippen LogP contribution in [0.2, 0.25) is 5.02 Å². The number of halogens is 1. The lowest BCUT2D eigenvalue weighted by Crippen LogP contribution is -2.49. The average Bonchev–Trinajstić information content (AvgIpc) is 2.68. The topological polar surface area (TPSA) is 74.6 Å². The summed E-state index contributed by atoms with van der Waals surface area (Å²) in [6.07, 6.45) is 0. The van der Waals surface area contributed by atoms with Crippen LogP contribution in [0.4, 0.5) is 0 Å². The monoisotopic (exact) mass is 411 g/mol. The lowest BCUT2D eigenvalue weighted by atomic mass is 10.0. The highest BCUT2D eigenvalue weighted by molar-refractivity contribution is 6.35. The molecule has 0 aliphatic carbocycles. The molecule has 6 nitrogen and oxygen atoms in total. The van der Waals surface area contributed by atoms with E-state index < -0.39 is 5.97 Å². The van der Waals surface area contributed by atoms with E-state index in [-0.39, 0.29) is 21.5 Å². The van der Waals surface area contributed by atoms with Crippen LogP contribution < -0.4 is 10.9 Å². The number of aromatic nitrogens is 1. The van der Waals surface area contributed by atoms with Crippen LogP contribution in [0.1, 0.15) is 23.0 Å². The molecule has 7 heteroatoms. The van der Waals surface area contributed by atoms with Crippen LogP contribution in [-0.4, -0.2) is 46.2 Å². The second kappa shape index (κ2) is 7.99. The predicted octanol–water partition coefficient (Wildman–Crippen LogP) is 3.14. The normalized spacial score (nSPS) is 17.5. The maximum atomic E-state index is 13.5. The Kier molecular flexibility index (Phi) is 5.41. The number of piperazine rings is 1. The highest BCUT2D eigenvalue weighted by atomic mass is 35.5. The van der Waals surface area contributed by atoms with E-state index in [2.05, 4.69) is 17.1 Å². The number of nitrogens with zero attached hydrogens (tertiary/aromatic N) is 2. The van der Waals surface area contributed by atoms with Crippen molar-refractivity contribution in [2.24, 2.45) is 0 Å². The molecule has 0 radical (unpaired) electrons. The smallest absolute Gasteiger partial charge is 0.338 e. The van der Waals surface area contributed by atoms with Gasteiger partial charge in [-0.25, -0.2) is 4.79 Å². The number of aromatic carboxylic acids is 1. The van der Waals surface area contributed by atoms with Crippen molar-refractivity contribution in [3.8, 4) is 5.69 Å². The third-order valence-corrected chi connectivity index (χ3v) is 5.63. The number of carboxylic acids is 1. The Morgan fingerprint density at radius 2 is 1.97 bits per heavy atom. The summed E-state index contributed by atoms with van der Waals surface area (Å²) in [4.78, 5) is 28.0. The fraction of sp³-hybridized carbons (Fsp3) is 0.273. The summed E-state index contributed by atoms with van der Waals surface area (Å²) in [7, 11) is 0. The van der Waals surface area contributed by atoms with Crippen molar-refractivity contribution in [1.82, 2.24) is 14.8 Å². The Balaban J connectivity index is 2.04. The van der Waals surface area contributed by atoms with Gasteiger partial charge >= 0.3 is 5.97 Å². The molecule has 1 aromatic heterocycles. The number of para-hydroxylation sites is 1. The minimum Gasteiger partial charge on any atom is -0.478 e. The molecule has 150 valence electrons. The molecule has 4 rings (SSSR count). The maximum absolute atomic E-state index is 13.5. The van der Waals surface area contributed by atoms with Gasteiger partial charge in [-0.05, 0) is 25.1 Å². The van der Waals surface area contributed by atoms with Crippen molar-refractivity contribution in [3.05, 3.63) is 75.2 Å². The van der Waals surface area contributed by atoms with Crippen molar-refractivity contribution in [3.63, 3.8) is 0 Å². The number of pyridine rings is 1. The minimum atomic E-state index is -1.07. The van der Waals surface area contributed by atoms with Crippen LogP contribution in [0.5, 0.6) is 0 Å². The number of carbonyl (C=O) groups is 1. The van der Waals surface area contributed by atoms with E-state index in [1.165, 1.54) is 4.57 Å². The summed E-state index contributed by atoms with van der Waals surface area (Å²) in [6, 6.07) is 14.4. The molecule has 1 fully saturated rings. The molecule has 1 unspecified atom stereocenters. The van der Waals surface area contributed by atoms with Gasteiger partial charge in [0.15, 0.2) is 0 Å². The third kappa shape index (κ3) is 3.67. The Hall–Kier alpha value is -2.67. The second-order valence-electron chi connectivity index (χ2n) is 7.36. The first-order valence-corrected chi connectivity index (χ1v) is 9.95. The summed E-state index contributed by atoms with van der Waals surface area (Å²) in [5, 5.41) is 14.4. The van der Waals surface area contributed by atoms with E-state index in [0.29, 0.717) is 29.4 Å². The molecule has 1 saturated heterocycles. The number of nitrogens with one attached hydrogen (secondary N) is 1. The summed E-state index contributed by atoms with van der Waals surface area (Å²) in [5.74, 6) is -1.07. The van der Waals surface area contributed by atoms with Crippen molar-refractivity contribution < 1.29 is 9.90 Å². The first-order valence-electron chi connectivity index (χ1n) is 9.58. The van der Waals surface area contributed by atoms with Gasteiger partial charge in [0.1, 0.15) is 0 Å². The van der Waals surface area contributed by atoms with Gasteiger partial charge in [0.2, 0.25) is 0 Å². The van der Waals surface area contributed by atoms with E-state index in [9.17, 15) is 14.7 Å². The zero-order valence-corrected chi connectivity index (χ0v) is 16.8. The molecule has 2 aromatic carbocycles. The summed E-state index contributed by atoms with van der Waals surface area (Å²) < 4.78 is 1.50. The van der Waals surface area contributed by atoms with Gasteiger partial charge in [-0.15, -0.1) is 0 Å². The van der Waals surface area contributed by atoms with Crippen LogP contribution in [-0.2, 0) is 6.54 Å². The molecule has 0 saturated carbocycles. The molecule has 1 aliphatic rings.